The molecule has 1 N–H and O–H groups in total. The summed E-state index contributed by atoms with van der Waals surface area (Å²) >= 11 is 0. The molecule has 0 bridgehead atoms. The molecule has 4 rings (SSSR count). The molecule has 0 heterocycles. The first-order valence-corrected chi connectivity index (χ1v) is 15.5. The number of rotatable bonds is 11. The van der Waals surface area contributed by atoms with Crippen LogP contribution >= 0.6 is 0 Å². The third-order valence-corrected chi connectivity index (χ3v) is 9.22. The SMILES string of the molecule is CC[C@@H](C(=O)NC1CCCCC1)N(Cc1cccc(C)c1)C(=O)CN(c1ccccc1)S(=O)(=O)c1ccccc1. The molecule has 1 atom stereocenters. The Bertz CT molecular complexity index is 1370. The van der Waals surface area contributed by atoms with Crippen LogP contribution in [0.1, 0.15) is 56.6 Å². The van der Waals surface area contributed by atoms with Gasteiger partial charge in [-0.1, -0.05) is 92.4 Å². The van der Waals surface area contributed by atoms with Gasteiger partial charge in [0.15, 0.2) is 0 Å². The van der Waals surface area contributed by atoms with Crippen molar-refractivity contribution in [2.24, 2.45) is 0 Å². The second-order valence-electron chi connectivity index (χ2n) is 10.4. The highest BCUT2D eigenvalue weighted by molar-refractivity contribution is 7.92. The largest absolute Gasteiger partial charge is 0.352 e. The van der Waals surface area contributed by atoms with Gasteiger partial charge >= 0.3 is 0 Å². The van der Waals surface area contributed by atoms with Gasteiger partial charge in [-0.05, 0) is 56.0 Å². The van der Waals surface area contributed by atoms with Crippen molar-refractivity contribution in [3.05, 3.63) is 96.1 Å². The first-order valence-electron chi connectivity index (χ1n) is 14.1. The number of nitrogens with one attached hydrogen (secondary N) is 1. The topological polar surface area (TPSA) is 86.8 Å². The maximum atomic E-state index is 14.1. The van der Waals surface area contributed by atoms with Crippen molar-refractivity contribution in [2.75, 3.05) is 10.8 Å². The summed E-state index contributed by atoms with van der Waals surface area (Å²) in [7, 11) is -4.05. The molecule has 0 aromatic heterocycles. The molecule has 0 spiro atoms. The summed E-state index contributed by atoms with van der Waals surface area (Å²) in [5, 5.41) is 3.18. The zero-order valence-corrected chi connectivity index (χ0v) is 24.1. The van der Waals surface area contributed by atoms with Gasteiger partial charge in [0.25, 0.3) is 10.0 Å². The van der Waals surface area contributed by atoms with Crippen LogP contribution in [0.25, 0.3) is 0 Å². The number of sulfonamides is 1. The molecule has 1 saturated carbocycles. The minimum Gasteiger partial charge on any atom is -0.352 e. The van der Waals surface area contributed by atoms with Crippen molar-refractivity contribution in [3.63, 3.8) is 0 Å². The molecule has 1 aliphatic rings. The Morgan fingerprint density at radius 2 is 1.55 bits per heavy atom. The van der Waals surface area contributed by atoms with Crippen molar-refractivity contribution in [3.8, 4) is 0 Å². The van der Waals surface area contributed by atoms with Crippen molar-refractivity contribution in [1.29, 1.82) is 0 Å². The monoisotopic (exact) mass is 561 g/mol. The van der Waals surface area contributed by atoms with Crippen molar-refractivity contribution >= 4 is 27.5 Å². The lowest BCUT2D eigenvalue weighted by Gasteiger charge is -2.34. The average molecular weight is 562 g/mol. The second-order valence-corrected chi connectivity index (χ2v) is 12.3. The van der Waals surface area contributed by atoms with Gasteiger partial charge in [-0.15, -0.1) is 0 Å². The van der Waals surface area contributed by atoms with E-state index in [0.717, 1.165) is 41.1 Å². The van der Waals surface area contributed by atoms with Crippen LogP contribution in [0.4, 0.5) is 5.69 Å². The molecule has 40 heavy (non-hydrogen) atoms. The molecule has 0 aliphatic heterocycles. The Morgan fingerprint density at radius 3 is 2.17 bits per heavy atom. The number of carbonyl (C=O) groups excluding carboxylic acids is 2. The van der Waals surface area contributed by atoms with E-state index in [1.165, 1.54) is 18.6 Å². The predicted octanol–water partition coefficient (Wildman–Crippen LogP) is 5.45. The molecule has 7 nitrogen and oxygen atoms in total. The fourth-order valence-corrected chi connectivity index (χ4v) is 6.75. The first-order chi connectivity index (χ1) is 19.3. The number of para-hydroxylation sites is 1. The third-order valence-electron chi connectivity index (χ3n) is 7.43. The first kappa shape index (κ1) is 29.3. The minimum absolute atomic E-state index is 0.0963. The van der Waals surface area contributed by atoms with Crippen LogP contribution in [0.5, 0.6) is 0 Å². The van der Waals surface area contributed by atoms with E-state index in [1.807, 2.05) is 38.1 Å². The Hall–Kier alpha value is -3.65. The highest BCUT2D eigenvalue weighted by Crippen LogP contribution is 2.25. The van der Waals surface area contributed by atoms with Gasteiger partial charge in [-0.25, -0.2) is 8.42 Å². The van der Waals surface area contributed by atoms with Crippen LogP contribution in [-0.4, -0.2) is 43.8 Å². The number of hydrogen-bond donors (Lipinski definition) is 1. The van der Waals surface area contributed by atoms with E-state index in [0.29, 0.717) is 12.1 Å². The summed E-state index contributed by atoms with van der Waals surface area (Å²) < 4.78 is 28.7. The van der Waals surface area contributed by atoms with Gasteiger partial charge in [0, 0.05) is 12.6 Å². The zero-order chi connectivity index (χ0) is 28.5. The molecule has 8 heteroatoms. The Morgan fingerprint density at radius 1 is 0.900 bits per heavy atom. The average Bonchev–Trinajstić information content (AvgIpc) is 2.97. The summed E-state index contributed by atoms with van der Waals surface area (Å²) in [5.74, 6) is -0.622. The fourth-order valence-electron chi connectivity index (χ4n) is 5.31. The molecule has 0 radical (unpaired) electrons. The molecule has 2 amide bonds. The molecular formula is C32H39N3O4S. The van der Waals surface area contributed by atoms with Gasteiger partial charge in [-0.2, -0.15) is 0 Å². The summed E-state index contributed by atoms with van der Waals surface area (Å²) in [5.41, 5.74) is 2.31. The second kappa shape index (κ2) is 13.6. The molecule has 1 fully saturated rings. The standard InChI is InChI=1S/C32H39N3O4S/c1-3-30(32(37)33-27-16-7-4-8-17-27)34(23-26-15-13-14-25(2)22-26)31(36)24-35(28-18-9-5-10-19-28)40(38,39)29-20-11-6-12-21-29/h5-6,9-15,18-22,27,30H,3-4,7-8,16-17,23-24H2,1-2H3,(H,33,37)/t30-/m0/s1. The van der Waals surface area contributed by atoms with Crippen LogP contribution in [0.3, 0.4) is 0 Å². The number of amides is 2. The Balaban J connectivity index is 1.68. The van der Waals surface area contributed by atoms with Gasteiger partial charge in [0.05, 0.1) is 10.6 Å². The minimum atomic E-state index is -4.05. The lowest BCUT2D eigenvalue weighted by Crippen LogP contribution is -2.54. The maximum Gasteiger partial charge on any atom is 0.264 e. The fraction of sp³-hybridized carbons (Fsp3) is 0.375. The van der Waals surface area contributed by atoms with Crippen LogP contribution in [0.2, 0.25) is 0 Å². The Labute approximate surface area is 238 Å². The molecular weight excluding hydrogens is 522 g/mol. The molecule has 0 unspecified atom stereocenters. The van der Waals surface area contributed by atoms with Gasteiger partial charge in [-0.3, -0.25) is 13.9 Å². The molecule has 3 aromatic rings. The van der Waals surface area contributed by atoms with E-state index in [2.05, 4.69) is 5.32 Å². The van der Waals surface area contributed by atoms with Crippen LogP contribution in [0.15, 0.2) is 89.8 Å². The highest BCUT2D eigenvalue weighted by atomic mass is 32.2. The zero-order valence-electron chi connectivity index (χ0n) is 23.3. The number of benzene rings is 3. The predicted molar refractivity (Wildman–Crippen MR) is 158 cm³/mol. The van der Waals surface area contributed by atoms with E-state index in [4.69, 9.17) is 0 Å². The quantitative estimate of drug-likeness (QED) is 0.338. The number of anilines is 1. The van der Waals surface area contributed by atoms with Crippen molar-refractivity contribution in [1.82, 2.24) is 10.2 Å². The third kappa shape index (κ3) is 7.30. The summed E-state index contributed by atoms with van der Waals surface area (Å²) in [4.78, 5) is 29.4. The smallest absolute Gasteiger partial charge is 0.264 e. The van der Waals surface area contributed by atoms with Crippen LogP contribution in [-0.2, 0) is 26.2 Å². The molecule has 0 saturated heterocycles. The molecule has 3 aromatic carbocycles. The number of nitrogens with zero attached hydrogens (tertiary/aromatic N) is 2. The van der Waals surface area contributed by atoms with E-state index in [-0.39, 0.29) is 23.4 Å². The van der Waals surface area contributed by atoms with Crippen LogP contribution in [0, 0.1) is 6.92 Å². The molecule has 212 valence electrons. The van der Waals surface area contributed by atoms with Gasteiger partial charge < -0.3 is 10.2 Å². The highest BCUT2D eigenvalue weighted by Gasteiger charge is 2.34. The normalized spacial score (nSPS) is 14.8. The van der Waals surface area contributed by atoms with E-state index in [1.54, 1.807) is 53.4 Å². The summed E-state index contributed by atoms with van der Waals surface area (Å²) in [6, 6.07) is 23.9. The number of aryl methyl sites for hydroxylation is 1. The summed E-state index contributed by atoms with van der Waals surface area (Å²) in [6.07, 6.45) is 5.62. The lowest BCUT2D eigenvalue weighted by molar-refractivity contribution is -0.140. The number of carbonyl (C=O) groups is 2. The number of hydrogen-bond acceptors (Lipinski definition) is 4. The van der Waals surface area contributed by atoms with Crippen molar-refractivity contribution < 1.29 is 18.0 Å². The Kier molecular flexibility index (Phi) is 9.98. The lowest BCUT2D eigenvalue weighted by atomic mass is 9.95. The van der Waals surface area contributed by atoms with E-state index >= 15 is 0 Å². The van der Waals surface area contributed by atoms with E-state index in [9.17, 15) is 18.0 Å². The van der Waals surface area contributed by atoms with Crippen LogP contribution < -0.4 is 9.62 Å². The summed E-state index contributed by atoms with van der Waals surface area (Å²) in [6.45, 7) is 3.63. The van der Waals surface area contributed by atoms with E-state index < -0.39 is 28.5 Å². The van der Waals surface area contributed by atoms with Crippen molar-refractivity contribution in [2.45, 2.75) is 75.9 Å². The molecule has 1 aliphatic carbocycles. The van der Waals surface area contributed by atoms with Gasteiger partial charge in [0.2, 0.25) is 11.8 Å². The van der Waals surface area contributed by atoms with Gasteiger partial charge in [0.1, 0.15) is 12.6 Å². The maximum absolute atomic E-state index is 14.1.